The molecular weight excluding hydrogens is 324 g/mol. The highest BCUT2D eigenvalue weighted by molar-refractivity contribution is 5.85. The zero-order chi connectivity index (χ0) is 15.5. The van der Waals surface area contributed by atoms with Gasteiger partial charge in [-0.3, -0.25) is 0 Å². The molecule has 1 heterocycles. The Morgan fingerprint density at radius 2 is 1.86 bits per heavy atom. The van der Waals surface area contributed by atoms with E-state index in [9.17, 15) is 17.6 Å². The van der Waals surface area contributed by atoms with Crippen molar-refractivity contribution >= 4 is 12.4 Å². The number of ether oxygens (including phenoxy) is 1. The molecule has 3 nitrogen and oxygen atoms in total. The van der Waals surface area contributed by atoms with E-state index < -0.39 is 17.6 Å². The van der Waals surface area contributed by atoms with E-state index in [2.05, 4.69) is 4.98 Å². The Morgan fingerprint density at radius 1 is 1.14 bits per heavy atom. The van der Waals surface area contributed by atoms with Crippen molar-refractivity contribution in [3.05, 3.63) is 53.5 Å². The molecule has 2 aromatic rings. The first kappa shape index (κ1) is 18.2. The molecular formula is C14H13ClF4N2O. The van der Waals surface area contributed by atoms with Crippen LogP contribution in [0.15, 0.2) is 36.5 Å². The van der Waals surface area contributed by atoms with E-state index in [1.807, 2.05) is 0 Å². The molecule has 0 spiro atoms. The van der Waals surface area contributed by atoms with Crippen molar-refractivity contribution < 1.29 is 22.3 Å². The van der Waals surface area contributed by atoms with Crippen LogP contribution in [0, 0.1) is 5.82 Å². The van der Waals surface area contributed by atoms with Crippen LogP contribution in [0.4, 0.5) is 17.6 Å². The summed E-state index contributed by atoms with van der Waals surface area (Å²) < 4.78 is 56.5. The molecule has 1 aromatic carbocycles. The van der Waals surface area contributed by atoms with E-state index in [1.54, 1.807) is 0 Å². The summed E-state index contributed by atoms with van der Waals surface area (Å²) in [4.78, 5) is 3.67. The molecule has 22 heavy (non-hydrogen) atoms. The zero-order valence-electron chi connectivity index (χ0n) is 11.2. The van der Waals surface area contributed by atoms with Gasteiger partial charge in [-0.15, -0.1) is 12.4 Å². The summed E-state index contributed by atoms with van der Waals surface area (Å²) >= 11 is 0. The van der Waals surface area contributed by atoms with Gasteiger partial charge in [0.2, 0.25) is 5.88 Å². The Morgan fingerprint density at radius 3 is 2.45 bits per heavy atom. The number of benzene rings is 1. The number of alkyl halides is 3. The van der Waals surface area contributed by atoms with E-state index in [0.29, 0.717) is 18.5 Å². The van der Waals surface area contributed by atoms with Crippen LogP contribution < -0.4 is 10.5 Å². The second kappa shape index (κ2) is 7.42. The fourth-order valence-corrected chi connectivity index (χ4v) is 1.71. The topological polar surface area (TPSA) is 48.1 Å². The zero-order valence-corrected chi connectivity index (χ0v) is 12.0. The third kappa shape index (κ3) is 4.57. The first-order valence-electron chi connectivity index (χ1n) is 6.10. The molecule has 2 N–H and O–H groups in total. The standard InChI is InChI=1S/C14H12F4N2O.ClH/c15-12-8-11(2-1-9(12)3-5-19)21-13-7-10(4-6-20-13)14(16,17)18;/h1-2,4,6-8H,3,5,19H2;1H. The second-order valence-corrected chi connectivity index (χ2v) is 4.27. The van der Waals surface area contributed by atoms with Gasteiger partial charge in [-0.25, -0.2) is 9.37 Å². The predicted octanol–water partition coefficient (Wildman–Crippen LogP) is 3.95. The molecule has 1 aromatic heterocycles. The molecule has 0 unspecified atom stereocenters. The quantitative estimate of drug-likeness (QED) is 0.860. The minimum absolute atomic E-state index is 0. The highest BCUT2D eigenvalue weighted by Crippen LogP contribution is 2.31. The number of halogens is 5. The fourth-order valence-electron chi connectivity index (χ4n) is 1.71. The number of nitrogens with zero attached hydrogens (tertiary/aromatic N) is 1. The van der Waals surface area contributed by atoms with Crippen LogP contribution in [0.1, 0.15) is 11.1 Å². The van der Waals surface area contributed by atoms with E-state index in [-0.39, 0.29) is 24.0 Å². The summed E-state index contributed by atoms with van der Waals surface area (Å²) in [5.41, 5.74) is 4.87. The highest BCUT2D eigenvalue weighted by atomic mass is 35.5. The fraction of sp³-hybridized carbons (Fsp3) is 0.214. The van der Waals surface area contributed by atoms with Crippen LogP contribution in [0.5, 0.6) is 11.6 Å². The minimum atomic E-state index is -4.49. The van der Waals surface area contributed by atoms with Gasteiger partial charge in [-0.05, 0) is 30.7 Å². The van der Waals surface area contributed by atoms with Crippen molar-refractivity contribution in [3.63, 3.8) is 0 Å². The predicted molar refractivity (Wildman–Crippen MR) is 75.7 cm³/mol. The molecule has 0 aliphatic rings. The van der Waals surface area contributed by atoms with Crippen LogP contribution in [0.25, 0.3) is 0 Å². The van der Waals surface area contributed by atoms with Crippen LogP contribution in [-0.2, 0) is 12.6 Å². The minimum Gasteiger partial charge on any atom is -0.439 e. The van der Waals surface area contributed by atoms with Crippen molar-refractivity contribution in [2.45, 2.75) is 12.6 Å². The Hall–Kier alpha value is -1.86. The monoisotopic (exact) mass is 336 g/mol. The molecule has 0 aliphatic carbocycles. The Bertz CT molecular complexity index is 634. The Labute approximate surface area is 130 Å². The molecule has 120 valence electrons. The third-order valence-corrected chi connectivity index (χ3v) is 2.72. The van der Waals surface area contributed by atoms with Crippen molar-refractivity contribution in [1.29, 1.82) is 0 Å². The largest absolute Gasteiger partial charge is 0.439 e. The summed E-state index contributed by atoms with van der Waals surface area (Å²) in [6.07, 6.45) is -3.14. The average molecular weight is 337 g/mol. The first-order chi connectivity index (χ1) is 9.90. The van der Waals surface area contributed by atoms with Gasteiger partial charge in [0.25, 0.3) is 0 Å². The number of pyridine rings is 1. The van der Waals surface area contributed by atoms with Gasteiger partial charge in [-0.2, -0.15) is 13.2 Å². The SMILES string of the molecule is Cl.NCCc1ccc(Oc2cc(C(F)(F)F)ccn2)cc1F. The van der Waals surface area contributed by atoms with Crippen LogP contribution in [-0.4, -0.2) is 11.5 Å². The molecule has 0 saturated carbocycles. The van der Waals surface area contributed by atoms with Crippen LogP contribution >= 0.6 is 12.4 Å². The maximum atomic E-state index is 13.7. The average Bonchev–Trinajstić information content (AvgIpc) is 2.41. The lowest BCUT2D eigenvalue weighted by Gasteiger charge is -2.10. The first-order valence-corrected chi connectivity index (χ1v) is 6.10. The van der Waals surface area contributed by atoms with Crippen molar-refractivity contribution in [2.24, 2.45) is 5.73 Å². The molecule has 0 radical (unpaired) electrons. The second-order valence-electron chi connectivity index (χ2n) is 4.27. The van der Waals surface area contributed by atoms with E-state index >= 15 is 0 Å². The maximum Gasteiger partial charge on any atom is 0.416 e. The summed E-state index contributed by atoms with van der Waals surface area (Å²) in [5.74, 6) is -0.708. The molecule has 0 amide bonds. The van der Waals surface area contributed by atoms with E-state index in [4.69, 9.17) is 10.5 Å². The molecule has 0 fully saturated rings. The van der Waals surface area contributed by atoms with Gasteiger partial charge in [0.05, 0.1) is 5.56 Å². The van der Waals surface area contributed by atoms with Gasteiger partial charge in [0.15, 0.2) is 0 Å². The molecule has 2 rings (SSSR count). The highest BCUT2D eigenvalue weighted by Gasteiger charge is 2.31. The smallest absolute Gasteiger partial charge is 0.416 e. The van der Waals surface area contributed by atoms with Gasteiger partial charge < -0.3 is 10.5 Å². The number of rotatable bonds is 4. The molecule has 8 heteroatoms. The van der Waals surface area contributed by atoms with Crippen molar-refractivity contribution in [1.82, 2.24) is 4.98 Å². The van der Waals surface area contributed by atoms with Gasteiger partial charge >= 0.3 is 6.18 Å². The number of aromatic nitrogens is 1. The molecule has 0 aliphatic heterocycles. The Kier molecular flexibility index (Phi) is 6.13. The maximum absolute atomic E-state index is 13.7. The molecule has 0 bridgehead atoms. The van der Waals surface area contributed by atoms with E-state index in [1.165, 1.54) is 12.1 Å². The third-order valence-electron chi connectivity index (χ3n) is 2.72. The molecule has 0 atom stereocenters. The number of hydrogen-bond donors (Lipinski definition) is 1. The van der Waals surface area contributed by atoms with Gasteiger partial charge in [0.1, 0.15) is 11.6 Å². The van der Waals surface area contributed by atoms with Gasteiger partial charge in [0, 0.05) is 18.3 Å². The van der Waals surface area contributed by atoms with E-state index in [0.717, 1.165) is 24.4 Å². The Balaban J connectivity index is 0.00000242. The van der Waals surface area contributed by atoms with Crippen molar-refractivity contribution in [3.8, 4) is 11.6 Å². The lowest BCUT2D eigenvalue weighted by Crippen LogP contribution is -2.05. The number of hydrogen-bond acceptors (Lipinski definition) is 3. The summed E-state index contributed by atoms with van der Waals surface area (Å²) in [5, 5.41) is 0. The summed E-state index contributed by atoms with van der Waals surface area (Å²) in [7, 11) is 0. The van der Waals surface area contributed by atoms with Crippen LogP contribution in [0.2, 0.25) is 0 Å². The van der Waals surface area contributed by atoms with Gasteiger partial charge in [-0.1, -0.05) is 6.07 Å². The lowest BCUT2D eigenvalue weighted by molar-refractivity contribution is -0.137. The normalized spacial score (nSPS) is 11.0. The van der Waals surface area contributed by atoms with Crippen molar-refractivity contribution in [2.75, 3.05) is 6.54 Å². The summed E-state index contributed by atoms with van der Waals surface area (Å²) in [6.45, 7) is 0.298. The summed E-state index contributed by atoms with van der Waals surface area (Å²) in [6, 6.07) is 5.61. The van der Waals surface area contributed by atoms with Crippen LogP contribution in [0.3, 0.4) is 0 Å². The molecule has 0 saturated heterocycles. The number of nitrogens with two attached hydrogens (primary N) is 1. The lowest BCUT2D eigenvalue weighted by atomic mass is 10.1.